The van der Waals surface area contributed by atoms with Gasteiger partial charge in [-0.2, -0.15) is 0 Å². The molecule has 8 nitrogen and oxygen atoms in total. The molecule has 0 saturated heterocycles. The summed E-state index contributed by atoms with van der Waals surface area (Å²) in [7, 11) is 0. The molecule has 0 aromatic heterocycles. The highest BCUT2D eigenvalue weighted by Gasteiger charge is 2.19. The van der Waals surface area contributed by atoms with Crippen LogP contribution in [0.2, 0.25) is 0 Å². The van der Waals surface area contributed by atoms with Crippen molar-refractivity contribution in [3.63, 3.8) is 0 Å². The van der Waals surface area contributed by atoms with Crippen LogP contribution >= 0.6 is 0 Å². The monoisotopic (exact) mass is 318 g/mol. The molecule has 0 heterocycles. The van der Waals surface area contributed by atoms with E-state index in [-0.39, 0.29) is 30.8 Å². The predicted molar refractivity (Wildman–Crippen MR) is 93.2 cm³/mol. The summed E-state index contributed by atoms with van der Waals surface area (Å²) in [6.07, 6.45) is -0.385. The van der Waals surface area contributed by atoms with Gasteiger partial charge in [-0.3, -0.25) is 14.7 Å². The lowest BCUT2D eigenvalue weighted by molar-refractivity contribution is 0.0926. The lowest BCUT2D eigenvalue weighted by Gasteiger charge is -2.36. The molecule has 0 aromatic rings. The summed E-state index contributed by atoms with van der Waals surface area (Å²) in [6, 6.07) is 0. The van der Waals surface area contributed by atoms with Gasteiger partial charge in [-0.25, -0.2) is 0 Å². The van der Waals surface area contributed by atoms with Crippen LogP contribution in [-0.2, 0) is 0 Å². The van der Waals surface area contributed by atoms with Crippen LogP contribution in [0.3, 0.4) is 0 Å². The van der Waals surface area contributed by atoms with E-state index in [2.05, 4.69) is 4.90 Å². The third-order valence-electron chi connectivity index (χ3n) is 3.96. The Morgan fingerprint density at radius 3 is 0.955 bits per heavy atom. The Hall–Kier alpha value is -0.320. The Morgan fingerprint density at radius 1 is 0.500 bits per heavy atom. The molecule has 0 fully saturated rings. The Kier molecular flexibility index (Phi) is 10.3. The minimum absolute atomic E-state index is 0.0500. The number of rotatable bonds is 11. The maximum absolute atomic E-state index is 6.08. The average Bonchev–Trinajstić information content (AvgIpc) is 2.34. The van der Waals surface area contributed by atoms with Crippen LogP contribution in [0, 0.1) is 0 Å². The van der Waals surface area contributed by atoms with Gasteiger partial charge < -0.3 is 28.7 Å². The standard InChI is InChI=1S/C14H38N8/c1-10(15)20(6-8-21(11(2)16)12(3)17)7-9-22(13(4)18)14(5)19/h10-14H,6-9,15-19H2,1-5H3. The van der Waals surface area contributed by atoms with Gasteiger partial charge in [0.2, 0.25) is 0 Å². The molecule has 0 aliphatic carbocycles. The second-order valence-corrected chi connectivity index (χ2v) is 6.21. The zero-order chi connectivity index (χ0) is 17.4. The van der Waals surface area contributed by atoms with Gasteiger partial charge in [0.25, 0.3) is 0 Å². The Labute approximate surface area is 135 Å². The summed E-state index contributed by atoms with van der Waals surface area (Å²) in [6.45, 7) is 12.9. The van der Waals surface area contributed by atoms with Gasteiger partial charge in [-0.1, -0.05) is 0 Å². The van der Waals surface area contributed by atoms with Gasteiger partial charge in [-0.15, -0.1) is 0 Å². The van der Waals surface area contributed by atoms with E-state index < -0.39 is 0 Å². The first-order chi connectivity index (χ1) is 10.1. The zero-order valence-corrected chi connectivity index (χ0v) is 14.9. The van der Waals surface area contributed by atoms with E-state index in [0.29, 0.717) is 0 Å². The summed E-state index contributed by atoms with van der Waals surface area (Å²) < 4.78 is 0. The molecular weight excluding hydrogens is 280 g/mol. The summed E-state index contributed by atoms with van der Waals surface area (Å²) >= 11 is 0. The van der Waals surface area contributed by atoms with E-state index in [0.717, 1.165) is 26.2 Å². The molecule has 8 heteroatoms. The van der Waals surface area contributed by atoms with Crippen LogP contribution in [0.1, 0.15) is 34.6 Å². The van der Waals surface area contributed by atoms with Crippen molar-refractivity contribution < 1.29 is 0 Å². The van der Waals surface area contributed by atoms with Crippen molar-refractivity contribution in [2.24, 2.45) is 28.7 Å². The van der Waals surface area contributed by atoms with E-state index in [1.54, 1.807) is 0 Å². The molecule has 0 rings (SSSR count). The SMILES string of the molecule is CC(N)N(CCN(C(C)N)C(C)N)CCN(C(C)N)C(C)N. The van der Waals surface area contributed by atoms with Crippen molar-refractivity contribution in [3.8, 4) is 0 Å². The molecule has 5 atom stereocenters. The summed E-state index contributed by atoms with van der Waals surface area (Å²) in [4.78, 5) is 6.28. The van der Waals surface area contributed by atoms with Gasteiger partial charge in [0, 0.05) is 26.2 Å². The van der Waals surface area contributed by atoms with E-state index >= 15 is 0 Å². The van der Waals surface area contributed by atoms with Crippen molar-refractivity contribution >= 4 is 0 Å². The van der Waals surface area contributed by atoms with Crippen LogP contribution in [0.5, 0.6) is 0 Å². The van der Waals surface area contributed by atoms with Gasteiger partial charge in [0.1, 0.15) is 0 Å². The second-order valence-electron chi connectivity index (χ2n) is 6.21. The normalized spacial score (nSPS) is 19.5. The fourth-order valence-corrected chi connectivity index (χ4v) is 2.56. The van der Waals surface area contributed by atoms with E-state index in [1.165, 1.54) is 0 Å². The summed E-state index contributed by atoms with van der Waals surface area (Å²) in [5.41, 5.74) is 29.9. The van der Waals surface area contributed by atoms with Crippen LogP contribution in [0.25, 0.3) is 0 Å². The molecule has 0 spiro atoms. The third-order valence-corrected chi connectivity index (χ3v) is 3.96. The van der Waals surface area contributed by atoms with Crippen LogP contribution in [0.4, 0.5) is 0 Å². The van der Waals surface area contributed by atoms with Crippen molar-refractivity contribution in [1.29, 1.82) is 0 Å². The first-order valence-corrected chi connectivity index (χ1v) is 8.11. The maximum Gasteiger partial charge on any atom is 0.0557 e. The van der Waals surface area contributed by atoms with Crippen molar-refractivity contribution in [1.82, 2.24) is 14.7 Å². The zero-order valence-electron chi connectivity index (χ0n) is 14.9. The highest BCUT2D eigenvalue weighted by molar-refractivity contribution is 4.73. The lowest BCUT2D eigenvalue weighted by atomic mass is 10.3. The van der Waals surface area contributed by atoms with Gasteiger partial charge in [-0.05, 0) is 34.6 Å². The number of nitrogens with zero attached hydrogens (tertiary/aromatic N) is 3. The van der Waals surface area contributed by atoms with E-state index in [9.17, 15) is 0 Å². The van der Waals surface area contributed by atoms with Gasteiger partial charge in [0.15, 0.2) is 0 Å². The third kappa shape index (κ3) is 7.80. The number of hydrogen-bond acceptors (Lipinski definition) is 8. The minimum atomic E-state index is -0.0837. The summed E-state index contributed by atoms with van der Waals surface area (Å²) in [5.74, 6) is 0. The van der Waals surface area contributed by atoms with Crippen LogP contribution in [-0.4, -0.2) is 71.7 Å². The molecule has 10 N–H and O–H groups in total. The molecular formula is C14H38N8. The largest absolute Gasteiger partial charge is 0.316 e. The average molecular weight is 319 g/mol. The fraction of sp³-hybridized carbons (Fsp3) is 1.00. The van der Waals surface area contributed by atoms with Crippen molar-refractivity contribution in [2.45, 2.75) is 65.4 Å². The molecule has 22 heavy (non-hydrogen) atoms. The lowest BCUT2D eigenvalue weighted by Crippen LogP contribution is -2.56. The number of hydrogen-bond donors (Lipinski definition) is 5. The Bertz CT molecular complexity index is 240. The molecule has 0 amide bonds. The highest BCUT2D eigenvalue weighted by Crippen LogP contribution is 2.03. The molecule has 0 aromatic carbocycles. The molecule has 0 radical (unpaired) electrons. The van der Waals surface area contributed by atoms with Crippen molar-refractivity contribution in [3.05, 3.63) is 0 Å². The second kappa shape index (κ2) is 10.5. The summed E-state index contributed by atoms with van der Waals surface area (Å²) in [5, 5.41) is 0. The predicted octanol–water partition coefficient (Wildman–Crippen LogP) is -1.58. The minimum Gasteiger partial charge on any atom is -0.316 e. The van der Waals surface area contributed by atoms with Crippen LogP contribution in [0.15, 0.2) is 0 Å². The fourth-order valence-electron chi connectivity index (χ4n) is 2.56. The molecule has 0 saturated carbocycles. The molecule has 134 valence electrons. The van der Waals surface area contributed by atoms with Crippen molar-refractivity contribution in [2.75, 3.05) is 26.2 Å². The van der Waals surface area contributed by atoms with E-state index in [1.807, 2.05) is 44.4 Å². The topological polar surface area (TPSA) is 140 Å². The van der Waals surface area contributed by atoms with Gasteiger partial charge >= 0.3 is 0 Å². The van der Waals surface area contributed by atoms with Gasteiger partial charge in [0.05, 0.1) is 30.8 Å². The molecule has 0 aliphatic rings. The Morgan fingerprint density at radius 2 is 0.773 bits per heavy atom. The highest BCUT2D eigenvalue weighted by atomic mass is 15.3. The first kappa shape index (κ1) is 21.7. The molecule has 0 aliphatic heterocycles. The first-order valence-electron chi connectivity index (χ1n) is 8.11. The number of nitrogens with two attached hydrogens (primary N) is 5. The maximum atomic E-state index is 6.08. The smallest absolute Gasteiger partial charge is 0.0557 e. The van der Waals surface area contributed by atoms with Crippen LogP contribution < -0.4 is 28.7 Å². The Balaban J connectivity index is 4.55. The molecule has 5 unspecified atom stereocenters. The van der Waals surface area contributed by atoms with E-state index in [4.69, 9.17) is 28.7 Å². The quantitative estimate of drug-likeness (QED) is 0.287. The molecule has 0 bridgehead atoms.